The fraction of sp³-hybridized carbons (Fsp3) is 0.158. The van der Waals surface area contributed by atoms with Crippen LogP contribution in [0, 0.1) is 0 Å². The Morgan fingerprint density at radius 1 is 1.07 bits per heavy atom. The van der Waals surface area contributed by atoms with Crippen molar-refractivity contribution in [3.8, 4) is 11.5 Å². The molecule has 2 aromatic carbocycles. The summed E-state index contributed by atoms with van der Waals surface area (Å²) < 4.78 is 10.4. The topological polar surface area (TPSA) is 115 Å². The van der Waals surface area contributed by atoms with Crippen molar-refractivity contribution in [1.82, 2.24) is 10.9 Å². The number of primary amides is 1. The second-order valence-electron chi connectivity index (χ2n) is 5.48. The molecular formula is C19H22N4O4. The number of hydrogen-bond acceptors (Lipinski definition) is 6. The van der Waals surface area contributed by atoms with E-state index in [2.05, 4.69) is 22.7 Å². The number of nitrogens with one attached hydrogen (secondary N) is 3. The van der Waals surface area contributed by atoms with Crippen LogP contribution in [0.25, 0.3) is 5.70 Å². The fourth-order valence-electron chi connectivity index (χ4n) is 2.13. The molecule has 5 N–H and O–H groups in total. The Morgan fingerprint density at radius 2 is 1.78 bits per heavy atom. The predicted molar refractivity (Wildman–Crippen MR) is 103 cm³/mol. The predicted octanol–water partition coefficient (Wildman–Crippen LogP) is 1.26. The first-order valence-corrected chi connectivity index (χ1v) is 8.12. The fourth-order valence-corrected chi connectivity index (χ4v) is 2.13. The molecule has 8 heteroatoms. The molecule has 0 radical (unpaired) electrons. The lowest BCUT2D eigenvalue weighted by molar-refractivity contribution is -0.120. The third-order valence-corrected chi connectivity index (χ3v) is 3.48. The van der Waals surface area contributed by atoms with E-state index in [0.717, 1.165) is 11.3 Å². The zero-order valence-electron chi connectivity index (χ0n) is 15.0. The molecule has 142 valence electrons. The van der Waals surface area contributed by atoms with Gasteiger partial charge in [-0.25, -0.2) is 0 Å². The molecule has 0 saturated carbocycles. The third kappa shape index (κ3) is 6.28. The van der Waals surface area contributed by atoms with Gasteiger partial charge in [-0.15, -0.1) is 0 Å². The lowest BCUT2D eigenvalue weighted by Crippen LogP contribution is -2.39. The summed E-state index contributed by atoms with van der Waals surface area (Å²) in [6.45, 7) is 3.73. The molecule has 0 aliphatic carbocycles. The summed E-state index contributed by atoms with van der Waals surface area (Å²) >= 11 is 0. The molecule has 0 aromatic heterocycles. The van der Waals surface area contributed by atoms with Gasteiger partial charge in [-0.3, -0.25) is 20.4 Å². The van der Waals surface area contributed by atoms with E-state index in [1.165, 1.54) is 0 Å². The van der Waals surface area contributed by atoms with E-state index < -0.39 is 5.91 Å². The highest BCUT2D eigenvalue weighted by Gasteiger charge is 2.06. The number of methoxy groups -OCH3 is 1. The van der Waals surface area contributed by atoms with Crippen molar-refractivity contribution in [2.24, 2.45) is 5.73 Å². The zero-order valence-corrected chi connectivity index (χ0v) is 15.0. The molecule has 0 bridgehead atoms. The van der Waals surface area contributed by atoms with Crippen molar-refractivity contribution < 1.29 is 19.1 Å². The summed E-state index contributed by atoms with van der Waals surface area (Å²) in [4.78, 5) is 22.7. The number of para-hydroxylation sites is 2. The van der Waals surface area contributed by atoms with Crippen molar-refractivity contribution in [2.45, 2.75) is 0 Å². The van der Waals surface area contributed by atoms with Crippen LogP contribution in [0.2, 0.25) is 0 Å². The Bertz CT molecular complexity index is 806. The number of hydrogen-bond donors (Lipinski definition) is 4. The van der Waals surface area contributed by atoms with Crippen LogP contribution in [0.15, 0.2) is 55.1 Å². The quantitative estimate of drug-likeness (QED) is 0.468. The number of hydrazine groups is 1. The maximum atomic E-state index is 12.0. The number of rotatable bonds is 10. The number of nitrogens with two attached hydrogens (primary N) is 1. The Hall–Kier alpha value is -3.68. The molecule has 2 rings (SSSR count). The van der Waals surface area contributed by atoms with Crippen LogP contribution >= 0.6 is 0 Å². The van der Waals surface area contributed by atoms with E-state index in [9.17, 15) is 9.59 Å². The largest absolute Gasteiger partial charge is 0.495 e. The Labute approximate surface area is 157 Å². The summed E-state index contributed by atoms with van der Waals surface area (Å²) in [5, 5.41) is 3.00. The van der Waals surface area contributed by atoms with E-state index in [0.29, 0.717) is 17.2 Å². The smallest absolute Gasteiger partial charge is 0.257 e. The van der Waals surface area contributed by atoms with Crippen LogP contribution in [0.4, 0.5) is 5.69 Å². The Balaban J connectivity index is 1.79. The zero-order chi connectivity index (χ0) is 19.6. The molecule has 0 heterocycles. The molecule has 2 aromatic rings. The molecule has 27 heavy (non-hydrogen) atoms. The van der Waals surface area contributed by atoms with Crippen molar-refractivity contribution in [3.63, 3.8) is 0 Å². The second kappa shape index (κ2) is 9.71. The Kier molecular flexibility index (Phi) is 7.07. The SMILES string of the molecule is C=C(NNC(=O)CNc1ccccc1OC)c1ccc(OCC(N)=O)cc1. The van der Waals surface area contributed by atoms with Gasteiger partial charge in [0.15, 0.2) is 6.61 Å². The van der Waals surface area contributed by atoms with Crippen LogP contribution in [-0.4, -0.2) is 32.1 Å². The van der Waals surface area contributed by atoms with Gasteiger partial charge in [0.25, 0.3) is 11.8 Å². The highest BCUT2D eigenvalue weighted by atomic mass is 16.5. The number of carbonyl (C=O) groups excluding carboxylic acids is 2. The first-order valence-electron chi connectivity index (χ1n) is 8.12. The van der Waals surface area contributed by atoms with Gasteiger partial charge in [-0.1, -0.05) is 18.7 Å². The van der Waals surface area contributed by atoms with E-state index >= 15 is 0 Å². The summed E-state index contributed by atoms with van der Waals surface area (Å²) in [5.41, 5.74) is 12.3. The van der Waals surface area contributed by atoms with Gasteiger partial charge in [-0.2, -0.15) is 0 Å². The highest BCUT2D eigenvalue weighted by molar-refractivity contribution is 5.82. The number of anilines is 1. The monoisotopic (exact) mass is 370 g/mol. The van der Waals surface area contributed by atoms with E-state index in [4.69, 9.17) is 15.2 Å². The van der Waals surface area contributed by atoms with Crippen molar-refractivity contribution in [1.29, 1.82) is 0 Å². The molecule has 0 atom stereocenters. The highest BCUT2D eigenvalue weighted by Crippen LogP contribution is 2.22. The number of benzene rings is 2. The molecule has 0 unspecified atom stereocenters. The maximum absolute atomic E-state index is 12.0. The number of ether oxygens (including phenoxy) is 2. The third-order valence-electron chi connectivity index (χ3n) is 3.48. The molecule has 0 aliphatic rings. The molecule has 8 nitrogen and oxygen atoms in total. The van der Waals surface area contributed by atoms with Gasteiger partial charge in [-0.05, 0) is 42.0 Å². The number of amides is 2. The maximum Gasteiger partial charge on any atom is 0.257 e. The minimum atomic E-state index is -0.547. The summed E-state index contributed by atoms with van der Waals surface area (Å²) in [5.74, 6) is 0.342. The van der Waals surface area contributed by atoms with Crippen LogP contribution in [0.1, 0.15) is 5.56 Å². The van der Waals surface area contributed by atoms with Crippen LogP contribution < -0.4 is 31.4 Å². The van der Waals surface area contributed by atoms with Crippen molar-refractivity contribution >= 4 is 23.2 Å². The van der Waals surface area contributed by atoms with Gasteiger partial charge in [0.05, 0.1) is 25.0 Å². The Morgan fingerprint density at radius 3 is 2.44 bits per heavy atom. The first-order chi connectivity index (χ1) is 13.0. The molecule has 0 fully saturated rings. The van der Waals surface area contributed by atoms with Gasteiger partial charge < -0.3 is 20.5 Å². The first kappa shape index (κ1) is 19.6. The molecule has 0 aliphatic heterocycles. The van der Waals surface area contributed by atoms with Crippen LogP contribution in [0.5, 0.6) is 11.5 Å². The molecule has 2 amide bonds. The van der Waals surface area contributed by atoms with Gasteiger partial charge in [0, 0.05) is 0 Å². The van der Waals surface area contributed by atoms with Gasteiger partial charge in [0.1, 0.15) is 11.5 Å². The second-order valence-corrected chi connectivity index (χ2v) is 5.48. The standard InChI is InChI=1S/C19H22N4O4/c1-13(14-7-9-15(10-8-14)27-12-18(20)24)22-23-19(25)11-21-16-5-3-4-6-17(16)26-2/h3-10,21-22H,1,11-12H2,2H3,(H2,20,24)(H,23,25). The van der Waals surface area contributed by atoms with Gasteiger partial charge in [0.2, 0.25) is 0 Å². The van der Waals surface area contributed by atoms with Gasteiger partial charge >= 0.3 is 0 Å². The van der Waals surface area contributed by atoms with E-state index in [1.807, 2.05) is 18.2 Å². The lowest BCUT2D eigenvalue weighted by Gasteiger charge is -2.13. The molecular weight excluding hydrogens is 348 g/mol. The minimum absolute atomic E-state index is 0.0561. The van der Waals surface area contributed by atoms with E-state index in [-0.39, 0.29) is 19.1 Å². The number of carbonyl (C=O) groups is 2. The average molecular weight is 370 g/mol. The summed E-state index contributed by atoms with van der Waals surface area (Å²) in [6, 6.07) is 14.2. The van der Waals surface area contributed by atoms with E-state index in [1.54, 1.807) is 37.4 Å². The molecule has 0 saturated heterocycles. The van der Waals surface area contributed by atoms with Crippen molar-refractivity contribution in [2.75, 3.05) is 25.6 Å². The minimum Gasteiger partial charge on any atom is -0.495 e. The van der Waals surface area contributed by atoms with Crippen molar-refractivity contribution in [3.05, 3.63) is 60.7 Å². The van der Waals surface area contributed by atoms with Crippen LogP contribution in [0.3, 0.4) is 0 Å². The normalized spacial score (nSPS) is 9.81. The lowest BCUT2D eigenvalue weighted by atomic mass is 10.2. The summed E-state index contributed by atoms with van der Waals surface area (Å²) in [6.07, 6.45) is 0. The molecule has 0 spiro atoms. The average Bonchev–Trinajstić information content (AvgIpc) is 2.69. The summed E-state index contributed by atoms with van der Waals surface area (Å²) in [7, 11) is 1.57. The van der Waals surface area contributed by atoms with Crippen LogP contribution in [-0.2, 0) is 9.59 Å².